The van der Waals surface area contributed by atoms with Crippen LogP contribution in [0.3, 0.4) is 0 Å². The molecular weight excluding hydrogens is 619 g/mol. The van der Waals surface area contributed by atoms with Crippen molar-refractivity contribution in [1.29, 1.82) is 0 Å². The van der Waals surface area contributed by atoms with Gasteiger partial charge in [0.2, 0.25) is 0 Å². The van der Waals surface area contributed by atoms with Crippen LogP contribution in [0.15, 0.2) is 97.3 Å². The van der Waals surface area contributed by atoms with Crippen LogP contribution < -0.4 is 0 Å². The van der Waals surface area contributed by atoms with Gasteiger partial charge in [-0.05, 0) is 53.3 Å². The Morgan fingerprint density at radius 2 is 1.50 bits per heavy atom. The summed E-state index contributed by atoms with van der Waals surface area (Å²) in [5.41, 5.74) is 8.47. The quantitative estimate of drug-likeness (QED) is 0.143. The second-order valence-corrected chi connectivity index (χ2v) is 8.59. The number of pyridine rings is 3. The fraction of sp³-hybridized carbons (Fsp3) is 0.0938. The Morgan fingerprint density at radius 3 is 2.25 bits per heavy atom. The summed E-state index contributed by atoms with van der Waals surface area (Å²) in [5.74, 6) is 0. The molecule has 0 spiro atoms. The molecule has 4 heteroatoms. The van der Waals surface area contributed by atoms with Crippen molar-refractivity contribution < 1.29 is 20.1 Å². The number of nitrogens with zero attached hydrogens (tertiary/aromatic N) is 3. The summed E-state index contributed by atoms with van der Waals surface area (Å²) in [4.78, 5) is 13.5. The van der Waals surface area contributed by atoms with E-state index in [1.54, 1.807) is 6.20 Å². The number of aromatic nitrogens is 3. The minimum absolute atomic E-state index is 0. The second-order valence-electron chi connectivity index (χ2n) is 8.59. The van der Waals surface area contributed by atoms with Gasteiger partial charge in [0, 0.05) is 43.6 Å². The fourth-order valence-corrected chi connectivity index (χ4v) is 4.28. The standard InChI is InChI=1S/C21H17N2.C11H8N.Ir/c1-13-10-14(2)12-16(11-13)21-19-6-7-20-18(5-4-15(3)23-20)17(19)8-9-22-21;1-2-6-10(7-3-1)11-8-4-5-9-12-11;/h4-11H,1-3H3;1-6,8-9H;/q2*-1;. The van der Waals surface area contributed by atoms with Gasteiger partial charge in [-0.1, -0.05) is 38.1 Å². The zero-order valence-electron chi connectivity index (χ0n) is 20.4. The summed E-state index contributed by atoms with van der Waals surface area (Å²) >= 11 is 0. The number of benzene rings is 3. The zero-order valence-corrected chi connectivity index (χ0v) is 22.8. The van der Waals surface area contributed by atoms with E-state index in [-0.39, 0.29) is 20.1 Å². The maximum Gasteiger partial charge on any atom is 0.0711 e. The van der Waals surface area contributed by atoms with Gasteiger partial charge in [0.05, 0.1) is 5.52 Å². The zero-order chi connectivity index (χ0) is 24.2. The number of hydrogen-bond donors (Lipinski definition) is 0. The van der Waals surface area contributed by atoms with Gasteiger partial charge in [0.15, 0.2) is 0 Å². The summed E-state index contributed by atoms with van der Waals surface area (Å²) in [6.07, 6.45) is 3.67. The number of aryl methyl sites for hydroxylation is 3. The Morgan fingerprint density at radius 1 is 0.667 bits per heavy atom. The molecule has 0 unspecified atom stereocenters. The van der Waals surface area contributed by atoms with Gasteiger partial charge >= 0.3 is 0 Å². The van der Waals surface area contributed by atoms with Crippen molar-refractivity contribution in [3.63, 3.8) is 0 Å². The van der Waals surface area contributed by atoms with Gasteiger partial charge in [-0.25, -0.2) is 0 Å². The Balaban J connectivity index is 0.000000198. The van der Waals surface area contributed by atoms with Crippen LogP contribution in [0.4, 0.5) is 0 Å². The van der Waals surface area contributed by atoms with Crippen LogP contribution in [0.25, 0.3) is 44.2 Å². The molecule has 3 aromatic heterocycles. The number of rotatable bonds is 2. The number of hydrogen-bond acceptors (Lipinski definition) is 3. The maximum atomic E-state index is 4.63. The van der Waals surface area contributed by atoms with Crippen molar-refractivity contribution >= 4 is 21.7 Å². The third-order valence-electron chi connectivity index (χ3n) is 5.81. The third-order valence-corrected chi connectivity index (χ3v) is 5.81. The summed E-state index contributed by atoms with van der Waals surface area (Å²) in [6, 6.07) is 35.0. The Hall–Kier alpha value is -3.72. The molecule has 179 valence electrons. The van der Waals surface area contributed by atoms with Crippen LogP contribution in [0, 0.1) is 32.9 Å². The first-order chi connectivity index (χ1) is 17.1. The fourth-order valence-electron chi connectivity index (χ4n) is 4.28. The topological polar surface area (TPSA) is 38.7 Å². The summed E-state index contributed by atoms with van der Waals surface area (Å²) in [5, 5.41) is 3.50. The van der Waals surface area contributed by atoms with Crippen LogP contribution in [0.2, 0.25) is 0 Å². The second kappa shape index (κ2) is 11.3. The molecule has 1 radical (unpaired) electrons. The molecule has 3 heterocycles. The minimum atomic E-state index is 0. The molecule has 0 aliphatic rings. The van der Waals surface area contributed by atoms with Gasteiger partial charge in [-0.15, -0.1) is 70.8 Å². The molecule has 0 atom stereocenters. The first-order valence-corrected chi connectivity index (χ1v) is 11.6. The van der Waals surface area contributed by atoms with Gasteiger partial charge in [0.1, 0.15) is 0 Å². The number of fused-ring (bicyclic) bond motifs is 3. The van der Waals surface area contributed by atoms with Gasteiger partial charge in [-0.3, -0.25) is 4.98 Å². The molecule has 6 rings (SSSR count). The normalized spacial score (nSPS) is 10.4. The van der Waals surface area contributed by atoms with E-state index in [0.29, 0.717) is 0 Å². The molecule has 0 aliphatic carbocycles. The van der Waals surface area contributed by atoms with E-state index in [1.807, 2.05) is 55.6 Å². The molecule has 0 amide bonds. The molecule has 0 aliphatic heterocycles. The molecule has 3 aromatic carbocycles. The predicted octanol–water partition coefficient (Wildman–Crippen LogP) is 7.72. The van der Waals surface area contributed by atoms with Crippen LogP contribution in [-0.4, -0.2) is 15.0 Å². The van der Waals surface area contributed by atoms with E-state index in [1.165, 1.54) is 16.3 Å². The monoisotopic (exact) mass is 644 g/mol. The van der Waals surface area contributed by atoms with E-state index < -0.39 is 0 Å². The van der Waals surface area contributed by atoms with Crippen molar-refractivity contribution in [3.8, 4) is 22.5 Å². The molecule has 0 saturated carbocycles. The van der Waals surface area contributed by atoms with Gasteiger partial charge in [0.25, 0.3) is 0 Å². The van der Waals surface area contributed by atoms with E-state index in [9.17, 15) is 0 Å². The molecule has 36 heavy (non-hydrogen) atoms. The average molecular weight is 644 g/mol. The first-order valence-electron chi connectivity index (χ1n) is 11.6. The first kappa shape index (κ1) is 25.4. The van der Waals surface area contributed by atoms with Crippen molar-refractivity contribution in [2.24, 2.45) is 0 Å². The van der Waals surface area contributed by atoms with Crippen molar-refractivity contribution in [2.45, 2.75) is 20.8 Å². The van der Waals surface area contributed by atoms with E-state index in [4.69, 9.17) is 0 Å². The largest absolute Gasteiger partial charge is 0.305 e. The Bertz CT molecular complexity index is 1560. The molecule has 6 aromatic rings. The summed E-state index contributed by atoms with van der Waals surface area (Å²) < 4.78 is 0. The van der Waals surface area contributed by atoms with Crippen molar-refractivity contribution in [3.05, 3.63) is 126 Å². The SMILES string of the molecule is Cc1[c-]c(-c2nccc3c2ccc2nc(C)ccc23)cc(C)c1.[Ir].[c-]1ccccc1-c1ccccn1. The molecule has 0 bridgehead atoms. The molecule has 3 nitrogen and oxygen atoms in total. The molecule has 0 fully saturated rings. The summed E-state index contributed by atoms with van der Waals surface area (Å²) in [7, 11) is 0. The van der Waals surface area contributed by atoms with Gasteiger partial charge in [-0.2, -0.15) is 0 Å². The van der Waals surface area contributed by atoms with E-state index in [2.05, 4.69) is 83.4 Å². The van der Waals surface area contributed by atoms with Crippen molar-refractivity contribution in [1.82, 2.24) is 15.0 Å². The smallest absolute Gasteiger partial charge is 0.0711 e. The third kappa shape index (κ3) is 5.57. The van der Waals surface area contributed by atoms with E-state index >= 15 is 0 Å². The molecular formula is C32H25IrN3-2. The Kier molecular flexibility index (Phi) is 8.00. The van der Waals surface area contributed by atoms with Crippen LogP contribution in [0.5, 0.6) is 0 Å². The van der Waals surface area contributed by atoms with Crippen LogP contribution >= 0.6 is 0 Å². The molecule has 0 saturated heterocycles. The van der Waals surface area contributed by atoms with Crippen LogP contribution in [0.1, 0.15) is 16.8 Å². The molecule has 0 N–H and O–H groups in total. The summed E-state index contributed by atoms with van der Waals surface area (Å²) in [6.45, 7) is 6.20. The average Bonchev–Trinajstić information content (AvgIpc) is 2.89. The predicted molar refractivity (Wildman–Crippen MR) is 144 cm³/mol. The van der Waals surface area contributed by atoms with Crippen LogP contribution in [-0.2, 0) is 20.1 Å². The van der Waals surface area contributed by atoms with Crippen molar-refractivity contribution in [2.75, 3.05) is 0 Å². The maximum absolute atomic E-state index is 4.63. The Labute approximate surface area is 225 Å². The van der Waals surface area contributed by atoms with E-state index in [0.717, 1.165) is 44.7 Å². The van der Waals surface area contributed by atoms with Gasteiger partial charge < -0.3 is 9.97 Å². The minimum Gasteiger partial charge on any atom is -0.305 e.